The number of nitrogens with zero attached hydrogens (tertiary/aromatic N) is 4. The highest BCUT2D eigenvalue weighted by molar-refractivity contribution is 5.73. The van der Waals surface area contributed by atoms with Crippen LogP contribution in [0.4, 0.5) is 0 Å². The van der Waals surface area contributed by atoms with Crippen LogP contribution < -0.4 is 0 Å². The Labute approximate surface area is 129 Å². The number of imidazole rings is 1. The second-order valence-electron chi connectivity index (χ2n) is 6.14. The van der Waals surface area contributed by atoms with Crippen LogP contribution >= 0.6 is 0 Å². The van der Waals surface area contributed by atoms with Crippen molar-refractivity contribution in [2.24, 2.45) is 0 Å². The van der Waals surface area contributed by atoms with E-state index in [0.717, 1.165) is 55.8 Å². The van der Waals surface area contributed by atoms with Gasteiger partial charge in [-0.05, 0) is 44.9 Å². The smallest absolute Gasteiger partial charge is 0.165 e. The van der Waals surface area contributed by atoms with Crippen LogP contribution in [0.15, 0.2) is 12.7 Å². The van der Waals surface area contributed by atoms with Gasteiger partial charge in [-0.25, -0.2) is 15.0 Å². The normalized spacial score (nSPS) is 25.8. The summed E-state index contributed by atoms with van der Waals surface area (Å²) in [5.41, 5.74) is 2.83. The molecular formula is C16H22N4O2. The average molecular weight is 302 g/mol. The molecule has 2 atom stereocenters. The molecule has 118 valence electrons. The molecule has 4 heterocycles. The van der Waals surface area contributed by atoms with Crippen molar-refractivity contribution in [3.63, 3.8) is 0 Å². The van der Waals surface area contributed by atoms with Crippen molar-refractivity contribution in [1.82, 2.24) is 19.5 Å². The Morgan fingerprint density at radius 2 is 2.00 bits per heavy atom. The van der Waals surface area contributed by atoms with Gasteiger partial charge in [0.05, 0.1) is 18.1 Å². The maximum absolute atomic E-state index is 5.85. The first-order valence-electron chi connectivity index (χ1n) is 8.31. The number of rotatable bonds is 4. The fourth-order valence-corrected chi connectivity index (χ4v) is 3.41. The highest BCUT2D eigenvalue weighted by Crippen LogP contribution is 2.26. The first-order valence-corrected chi connectivity index (χ1v) is 8.31. The Kier molecular flexibility index (Phi) is 4.03. The molecule has 2 aromatic rings. The van der Waals surface area contributed by atoms with Crippen LogP contribution in [-0.4, -0.2) is 38.8 Å². The third-order valence-electron chi connectivity index (χ3n) is 4.63. The first-order chi connectivity index (χ1) is 10.9. The van der Waals surface area contributed by atoms with E-state index in [1.807, 2.05) is 6.33 Å². The van der Waals surface area contributed by atoms with Gasteiger partial charge in [-0.15, -0.1) is 0 Å². The van der Waals surface area contributed by atoms with Crippen LogP contribution in [-0.2, 0) is 15.9 Å². The summed E-state index contributed by atoms with van der Waals surface area (Å²) in [5, 5.41) is 0. The van der Waals surface area contributed by atoms with E-state index < -0.39 is 0 Å². The topological polar surface area (TPSA) is 62.1 Å². The predicted octanol–water partition coefficient (Wildman–Crippen LogP) is 2.64. The van der Waals surface area contributed by atoms with Crippen LogP contribution in [0.1, 0.15) is 50.4 Å². The third-order valence-corrected chi connectivity index (χ3v) is 4.63. The second kappa shape index (κ2) is 6.30. The van der Waals surface area contributed by atoms with Gasteiger partial charge in [0.1, 0.15) is 18.1 Å². The molecule has 2 fully saturated rings. The van der Waals surface area contributed by atoms with Gasteiger partial charge in [-0.2, -0.15) is 0 Å². The molecule has 0 aromatic carbocycles. The lowest BCUT2D eigenvalue weighted by Gasteiger charge is -2.23. The van der Waals surface area contributed by atoms with Crippen molar-refractivity contribution >= 4 is 11.2 Å². The van der Waals surface area contributed by atoms with E-state index in [2.05, 4.69) is 19.5 Å². The fraction of sp³-hybridized carbons (Fsp3) is 0.688. The minimum Gasteiger partial charge on any atom is -0.378 e. The fourth-order valence-electron chi connectivity index (χ4n) is 3.41. The molecule has 2 saturated heterocycles. The maximum Gasteiger partial charge on any atom is 0.165 e. The van der Waals surface area contributed by atoms with Gasteiger partial charge in [0.2, 0.25) is 0 Å². The SMILES string of the molecule is c1nc(CCC2CCCO2)c2ncn(C3CCCCO3)c2n1. The molecular weight excluding hydrogens is 280 g/mol. The zero-order chi connectivity index (χ0) is 14.8. The van der Waals surface area contributed by atoms with E-state index in [4.69, 9.17) is 9.47 Å². The lowest BCUT2D eigenvalue weighted by atomic mass is 10.1. The van der Waals surface area contributed by atoms with E-state index in [9.17, 15) is 0 Å². The summed E-state index contributed by atoms with van der Waals surface area (Å²) in [6, 6.07) is 0. The molecule has 4 rings (SSSR count). The molecule has 0 N–H and O–H groups in total. The Morgan fingerprint density at radius 1 is 1.05 bits per heavy atom. The van der Waals surface area contributed by atoms with E-state index in [-0.39, 0.29) is 6.23 Å². The molecule has 2 unspecified atom stereocenters. The van der Waals surface area contributed by atoms with Crippen LogP contribution in [0.2, 0.25) is 0 Å². The zero-order valence-electron chi connectivity index (χ0n) is 12.8. The maximum atomic E-state index is 5.85. The number of hydrogen-bond acceptors (Lipinski definition) is 5. The van der Waals surface area contributed by atoms with Crippen molar-refractivity contribution in [3.05, 3.63) is 18.3 Å². The quantitative estimate of drug-likeness (QED) is 0.869. The standard InChI is InChI=1S/C16H22N4O2/c1-2-8-22-14(5-1)20-11-19-15-13(17-10-18-16(15)20)7-6-12-4-3-9-21-12/h10-12,14H,1-9H2. The van der Waals surface area contributed by atoms with Gasteiger partial charge in [0.25, 0.3) is 0 Å². The highest BCUT2D eigenvalue weighted by Gasteiger charge is 2.21. The van der Waals surface area contributed by atoms with Gasteiger partial charge in [0.15, 0.2) is 5.65 Å². The number of aromatic nitrogens is 4. The molecule has 0 radical (unpaired) electrons. The zero-order valence-corrected chi connectivity index (χ0v) is 12.8. The molecule has 2 aromatic heterocycles. The lowest BCUT2D eigenvalue weighted by Crippen LogP contribution is -2.17. The predicted molar refractivity (Wildman–Crippen MR) is 81.5 cm³/mol. The molecule has 0 saturated carbocycles. The van der Waals surface area contributed by atoms with Crippen LogP contribution in [0, 0.1) is 0 Å². The van der Waals surface area contributed by atoms with E-state index in [1.165, 1.54) is 19.3 Å². The Hall–Kier alpha value is -1.53. The van der Waals surface area contributed by atoms with Gasteiger partial charge in [0, 0.05) is 13.2 Å². The van der Waals surface area contributed by atoms with Gasteiger partial charge in [-0.1, -0.05) is 0 Å². The largest absolute Gasteiger partial charge is 0.378 e. The summed E-state index contributed by atoms with van der Waals surface area (Å²) >= 11 is 0. The number of hydrogen-bond donors (Lipinski definition) is 0. The highest BCUT2D eigenvalue weighted by atomic mass is 16.5. The van der Waals surface area contributed by atoms with Crippen LogP contribution in [0.3, 0.4) is 0 Å². The minimum atomic E-state index is 0.0691. The van der Waals surface area contributed by atoms with Crippen molar-refractivity contribution in [2.75, 3.05) is 13.2 Å². The molecule has 6 heteroatoms. The number of ether oxygens (including phenoxy) is 2. The molecule has 0 aliphatic carbocycles. The Bertz CT molecular complexity index is 630. The minimum absolute atomic E-state index is 0.0691. The first kappa shape index (κ1) is 14.1. The summed E-state index contributed by atoms with van der Waals surface area (Å²) in [5.74, 6) is 0. The monoisotopic (exact) mass is 302 g/mol. The summed E-state index contributed by atoms with van der Waals surface area (Å²) < 4.78 is 13.6. The van der Waals surface area contributed by atoms with Crippen molar-refractivity contribution in [1.29, 1.82) is 0 Å². The Morgan fingerprint density at radius 3 is 2.82 bits per heavy atom. The molecule has 0 bridgehead atoms. The molecule has 6 nitrogen and oxygen atoms in total. The number of aryl methyl sites for hydroxylation is 1. The molecule has 0 amide bonds. The van der Waals surface area contributed by atoms with Crippen LogP contribution in [0.25, 0.3) is 11.2 Å². The summed E-state index contributed by atoms with van der Waals surface area (Å²) in [6.07, 6.45) is 11.6. The van der Waals surface area contributed by atoms with Gasteiger partial charge < -0.3 is 9.47 Å². The Balaban J connectivity index is 1.56. The molecule has 2 aliphatic heterocycles. The molecule has 0 spiro atoms. The molecule has 2 aliphatic rings. The second-order valence-corrected chi connectivity index (χ2v) is 6.14. The average Bonchev–Trinajstić information content (AvgIpc) is 3.23. The molecule has 22 heavy (non-hydrogen) atoms. The number of fused-ring (bicyclic) bond motifs is 1. The third kappa shape index (κ3) is 2.73. The van der Waals surface area contributed by atoms with Gasteiger partial charge >= 0.3 is 0 Å². The lowest BCUT2D eigenvalue weighted by molar-refractivity contribution is -0.0298. The van der Waals surface area contributed by atoms with E-state index in [1.54, 1.807) is 6.33 Å². The van der Waals surface area contributed by atoms with Gasteiger partial charge in [-0.3, -0.25) is 4.57 Å². The summed E-state index contributed by atoms with van der Waals surface area (Å²) in [4.78, 5) is 13.4. The van der Waals surface area contributed by atoms with Crippen molar-refractivity contribution < 1.29 is 9.47 Å². The van der Waals surface area contributed by atoms with E-state index >= 15 is 0 Å². The van der Waals surface area contributed by atoms with Crippen LogP contribution in [0.5, 0.6) is 0 Å². The summed E-state index contributed by atoms with van der Waals surface area (Å²) in [6.45, 7) is 1.72. The van der Waals surface area contributed by atoms with E-state index in [0.29, 0.717) is 6.10 Å². The van der Waals surface area contributed by atoms with Crippen molar-refractivity contribution in [3.8, 4) is 0 Å². The summed E-state index contributed by atoms with van der Waals surface area (Å²) in [7, 11) is 0. The van der Waals surface area contributed by atoms with Crippen molar-refractivity contribution in [2.45, 2.75) is 57.3 Å².